The van der Waals surface area contributed by atoms with Gasteiger partial charge in [0.1, 0.15) is 0 Å². The van der Waals surface area contributed by atoms with E-state index in [0.29, 0.717) is 18.0 Å². The molecule has 5 nitrogen and oxygen atoms in total. The number of urea groups is 1. The monoisotopic (exact) mass is 276 g/mol. The Labute approximate surface area is 116 Å². The molecule has 1 aromatic carbocycles. The van der Waals surface area contributed by atoms with Crippen LogP contribution in [0, 0.1) is 0 Å². The number of rotatable bonds is 4. The number of carbonyl (C=O) groups is 1. The highest BCUT2D eigenvalue weighted by Crippen LogP contribution is 2.10. The number of nitrogens with zero attached hydrogens (tertiary/aromatic N) is 2. The normalized spacial score (nSPS) is 9.95. The lowest BCUT2D eigenvalue weighted by Crippen LogP contribution is -2.31. The fourth-order valence-electron chi connectivity index (χ4n) is 1.52. The van der Waals surface area contributed by atoms with Gasteiger partial charge < -0.3 is 5.32 Å². The number of halogens is 1. The van der Waals surface area contributed by atoms with Crippen molar-refractivity contribution in [2.24, 2.45) is 0 Å². The molecule has 1 heterocycles. The van der Waals surface area contributed by atoms with Crippen molar-refractivity contribution in [1.82, 2.24) is 15.3 Å². The molecule has 0 saturated heterocycles. The molecule has 0 spiro atoms. The molecule has 0 radical (unpaired) electrons. The number of aromatic nitrogens is 2. The summed E-state index contributed by atoms with van der Waals surface area (Å²) in [5.74, 6) is 0.280. The van der Waals surface area contributed by atoms with Gasteiger partial charge in [-0.25, -0.2) is 14.8 Å². The lowest BCUT2D eigenvalue weighted by atomic mass is 10.1. The van der Waals surface area contributed by atoms with Crippen LogP contribution in [0.2, 0.25) is 5.02 Å². The molecule has 2 rings (SSSR count). The van der Waals surface area contributed by atoms with E-state index in [1.807, 2.05) is 24.3 Å². The van der Waals surface area contributed by atoms with Gasteiger partial charge in [0, 0.05) is 24.0 Å². The zero-order valence-corrected chi connectivity index (χ0v) is 10.9. The molecule has 0 unspecified atom stereocenters. The Hall–Kier alpha value is -2.14. The van der Waals surface area contributed by atoms with Crippen LogP contribution in [0.4, 0.5) is 10.7 Å². The summed E-state index contributed by atoms with van der Waals surface area (Å²) in [7, 11) is 0. The van der Waals surface area contributed by atoms with Crippen LogP contribution in [0.25, 0.3) is 0 Å². The molecule has 0 aliphatic rings. The molecule has 0 aliphatic carbocycles. The van der Waals surface area contributed by atoms with Gasteiger partial charge in [0.15, 0.2) is 0 Å². The van der Waals surface area contributed by atoms with Crippen LogP contribution in [0.15, 0.2) is 42.7 Å². The third kappa shape index (κ3) is 4.56. The maximum atomic E-state index is 11.5. The highest BCUT2D eigenvalue weighted by atomic mass is 35.5. The molecule has 2 aromatic rings. The number of hydrogen-bond acceptors (Lipinski definition) is 3. The fourth-order valence-corrected chi connectivity index (χ4v) is 1.74. The molecule has 2 N–H and O–H groups in total. The van der Waals surface area contributed by atoms with E-state index in [1.165, 1.54) is 0 Å². The van der Waals surface area contributed by atoms with Crippen molar-refractivity contribution in [1.29, 1.82) is 0 Å². The first kappa shape index (κ1) is 13.3. The number of hydrogen-bond donors (Lipinski definition) is 2. The summed E-state index contributed by atoms with van der Waals surface area (Å²) in [5.41, 5.74) is 1.07. The van der Waals surface area contributed by atoms with Crippen LogP contribution in [-0.4, -0.2) is 22.5 Å². The minimum atomic E-state index is -0.326. The summed E-state index contributed by atoms with van der Waals surface area (Å²) in [6.45, 7) is 0.513. The Bertz CT molecular complexity index is 547. The Balaban J connectivity index is 1.75. The molecule has 0 aliphatic heterocycles. The molecule has 0 saturated carbocycles. The van der Waals surface area contributed by atoms with E-state index in [-0.39, 0.29) is 12.0 Å². The Morgan fingerprint density at radius 1 is 1.21 bits per heavy atom. The van der Waals surface area contributed by atoms with Gasteiger partial charge in [-0.1, -0.05) is 23.7 Å². The highest BCUT2D eigenvalue weighted by Gasteiger charge is 2.02. The molecule has 0 bridgehead atoms. The van der Waals surface area contributed by atoms with Crippen molar-refractivity contribution in [2.45, 2.75) is 6.42 Å². The molecule has 6 heteroatoms. The zero-order valence-electron chi connectivity index (χ0n) is 10.1. The highest BCUT2D eigenvalue weighted by molar-refractivity contribution is 6.30. The third-order valence-corrected chi connectivity index (χ3v) is 2.61. The van der Waals surface area contributed by atoms with E-state index in [0.717, 1.165) is 5.56 Å². The predicted octanol–water partition coefficient (Wildman–Crippen LogP) is 2.49. The van der Waals surface area contributed by atoms with E-state index in [4.69, 9.17) is 11.6 Å². The first-order valence-electron chi connectivity index (χ1n) is 5.80. The topological polar surface area (TPSA) is 66.9 Å². The van der Waals surface area contributed by atoms with Crippen molar-refractivity contribution >= 4 is 23.6 Å². The lowest BCUT2D eigenvalue weighted by molar-refractivity contribution is 0.252. The zero-order chi connectivity index (χ0) is 13.5. The first-order valence-corrected chi connectivity index (χ1v) is 6.18. The Morgan fingerprint density at radius 2 is 2.00 bits per heavy atom. The van der Waals surface area contributed by atoms with Gasteiger partial charge in [-0.05, 0) is 30.2 Å². The molecule has 1 aromatic heterocycles. The Morgan fingerprint density at radius 3 is 2.74 bits per heavy atom. The predicted molar refractivity (Wildman–Crippen MR) is 74.2 cm³/mol. The molecule has 0 fully saturated rings. The van der Waals surface area contributed by atoms with Crippen LogP contribution >= 0.6 is 11.6 Å². The summed E-state index contributed by atoms with van der Waals surface area (Å²) in [5, 5.41) is 5.96. The number of nitrogens with one attached hydrogen (secondary N) is 2. The van der Waals surface area contributed by atoms with E-state index >= 15 is 0 Å². The van der Waals surface area contributed by atoms with Gasteiger partial charge in [-0.3, -0.25) is 5.32 Å². The van der Waals surface area contributed by atoms with Crippen molar-refractivity contribution in [3.63, 3.8) is 0 Å². The summed E-state index contributed by atoms with van der Waals surface area (Å²) < 4.78 is 0. The molecule has 0 atom stereocenters. The Kier molecular flexibility index (Phi) is 4.69. The molecule has 2 amide bonds. The van der Waals surface area contributed by atoms with E-state index < -0.39 is 0 Å². The number of anilines is 1. The summed E-state index contributed by atoms with van der Waals surface area (Å²) in [6, 6.07) is 8.90. The minimum absolute atomic E-state index is 0.280. The van der Waals surface area contributed by atoms with Crippen molar-refractivity contribution in [3.8, 4) is 0 Å². The summed E-state index contributed by atoms with van der Waals surface area (Å²) in [6.07, 6.45) is 3.84. The van der Waals surface area contributed by atoms with Crippen LogP contribution in [0.1, 0.15) is 5.56 Å². The largest absolute Gasteiger partial charge is 0.337 e. The average molecular weight is 277 g/mol. The van der Waals surface area contributed by atoms with Gasteiger partial charge in [0.25, 0.3) is 0 Å². The number of amides is 2. The van der Waals surface area contributed by atoms with Gasteiger partial charge in [0.05, 0.1) is 0 Å². The van der Waals surface area contributed by atoms with Crippen molar-refractivity contribution < 1.29 is 4.79 Å². The van der Waals surface area contributed by atoms with Crippen molar-refractivity contribution in [3.05, 3.63) is 53.3 Å². The second-order valence-electron chi connectivity index (χ2n) is 3.83. The van der Waals surface area contributed by atoms with E-state index in [2.05, 4.69) is 20.6 Å². The number of benzene rings is 1. The second kappa shape index (κ2) is 6.70. The quantitative estimate of drug-likeness (QED) is 0.902. The SMILES string of the molecule is O=C(NCCc1cccc(Cl)c1)Nc1ncccn1. The minimum Gasteiger partial charge on any atom is -0.337 e. The van der Waals surface area contributed by atoms with Crippen LogP contribution in [0.3, 0.4) is 0 Å². The molecular weight excluding hydrogens is 264 g/mol. The van der Waals surface area contributed by atoms with E-state index in [1.54, 1.807) is 18.5 Å². The standard InChI is InChI=1S/C13H13ClN4O/c14-11-4-1-3-10(9-11)5-8-17-13(19)18-12-15-6-2-7-16-12/h1-4,6-7,9H,5,8H2,(H2,15,16,17,18,19). The van der Waals surface area contributed by atoms with Gasteiger partial charge in [-0.2, -0.15) is 0 Å². The summed E-state index contributed by atoms with van der Waals surface area (Å²) >= 11 is 5.88. The fraction of sp³-hybridized carbons (Fsp3) is 0.154. The third-order valence-electron chi connectivity index (χ3n) is 2.38. The van der Waals surface area contributed by atoms with Gasteiger partial charge >= 0.3 is 6.03 Å². The lowest BCUT2D eigenvalue weighted by Gasteiger charge is -2.06. The van der Waals surface area contributed by atoms with Gasteiger partial charge in [-0.15, -0.1) is 0 Å². The van der Waals surface area contributed by atoms with Gasteiger partial charge in [0.2, 0.25) is 5.95 Å². The molecular formula is C13H13ClN4O. The van der Waals surface area contributed by atoms with Crippen molar-refractivity contribution in [2.75, 3.05) is 11.9 Å². The van der Waals surface area contributed by atoms with E-state index in [9.17, 15) is 4.79 Å². The van der Waals surface area contributed by atoms with Crippen LogP contribution < -0.4 is 10.6 Å². The maximum Gasteiger partial charge on any atom is 0.321 e. The second-order valence-corrected chi connectivity index (χ2v) is 4.27. The van der Waals surface area contributed by atoms with Crippen LogP contribution in [0.5, 0.6) is 0 Å². The number of carbonyl (C=O) groups excluding carboxylic acids is 1. The molecule has 98 valence electrons. The van der Waals surface area contributed by atoms with Crippen LogP contribution in [-0.2, 0) is 6.42 Å². The summed E-state index contributed by atoms with van der Waals surface area (Å²) in [4.78, 5) is 19.3. The maximum absolute atomic E-state index is 11.5. The first-order chi connectivity index (χ1) is 9.24. The molecule has 19 heavy (non-hydrogen) atoms. The average Bonchev–Trinajstić information content (AvgIpc) is 2.40. The smallest absolute Gasteiger partial charge is 0.321 e.